The Hall–Kier alpha value is -2.26. The summed E-state index contributed by atoms with van der Waals surface area (Å²) in [7, 11) is 0. The molecule has 1 atom stereocenters. The number of rotatable bonds is 2. The number of hydrogen-bond donors (Lipinski definition) is 1. The van der Waals surface area contributed by atoms with Crippen LogP contribution in [0.4, 0.5) is 0 Å². The van der Waals surface area contributed by atoms with Crippen LogP contribution in [-0.2, 0) is 0 Å². The molecule has 0 aliphatic rings. The summed E-state index contributed by atoms with van der Waals surface area (Å²) in [4.78, 5) is 8.28. The van der Waals surface area contributed by atoms with Gasteiger partial charge in [-0.15, -0.1) is 0 Å². The number of aliphatic hydroxyl groups is 1. The molecule has 88 valence electrons. The maximum atomic E-state index is 10.3. The molecule has 0 spiro atoms. The van der Waals surface area contributed by atoms with Crippen molar-refractivity contribution >= 4 is 10.9 Å². The van der Waals surface area contributed by atoms with Crippen molar-refractivity contribution in [3.8, 4) is 0 Å². The minimum absolute atomic E-state index is 0.650. The van der Waals surface area contributed by atoms with Crippen molar-refractivity contribution in [3.63, 3.8) is 0 Å². The van der Waals surface area contributed by atoms with Crippen LogP contribution in [0.3, 0.4) is 0 Å². The predicted octanol–water partition coefficient (Wildman–Crippen LogP) is 2.71. The van der Waals surface area contributed by atoms with Crippen LogP contribution >= 0.6 is 0 Å². The van der Waals surface area contributed by atoms with Crippen molar-refractivity contribution in [2.75, 3.05) is 0 Å². The van der Waals surface area contributed by atoms with E-state index in [9.17, 15) is 5.11 Å². The third-order valence-corrected chi connectivity index (χ3v) is 2.94. The highest BCUT2D eigenvalue weighted by atomic mass is 16.3. The molecule has 0 saturated carbocycles. The first-order valence-corrected chi connectivity index (χ1v) is 5.77. The normalized spacial score (nSPS) is 12.5. The van der Waals surface area contributed by atoms with Crippen LogP contribution in [0.2, 0.25) is 0 Å². The van der Waals surface area contributed by atoms with Gasteiger partial charge in [-0.2, -0.15) is 0 Å². The molecule has 0 saturated heterocycles. The Bertz CT molecular complexity index is 667. The molecular weight excluding hydrogens is 224 g/mol. The molecule has 3 nitrogen and oxygen atoms in total. The van der Waals surface area contributed by atoms with E-state index in [0.29, 0.717) is 0 Å². The van der Waals surface area contributed by atoms with E-state index in [2.05, 4.69) is 9.97 Å². The summed E-state index contributed by atoms with van der Waals surface area (Å²) in [5.74, 6) is 0. The molecular formula is C15H12N2O. The minimum atomic E-state index is -0.650. The summed E-state index contributed by atoms with van der Waals surface area (Å²) >= 11 is 0. The lowest BCUT2D eigenvalue weighted by Crippen LogP contribution is -1.99. The van der Waals surface area contributed by atoms with E-state index in [1.807, 2.05) is 42.5 Å². The van der Waals surface area contributed by atoms with Gasteiger partial charge in [0.25, 0.3) is 0 Å². The first-order chi connectivity index (χ1) is 8.84. The molecule has 0 fully saturated rings. The lowest BCUT2D eigenvalue weighted by Gasteiger charge is -2.11. The molecule has 3 heteroatoms. The summed E-state index contributed by atoms with van der Waals surface area (Å²) in [6.45, 7) is 0. The minimum Gasteiger partial charge on any atom is -0.384 e. The zero-order chi connectivity index (χ0) is 12.4. The molecule has 0 amide bonds. The van der Waals surface area contributed by atoms with Crippen molar-refractivity contribution in [1.82, 2.24) is 9.97 Å². The lowest BCUT2D eigenvalue weighted by atomic mass is 10.0. The van der Waals surface area contributed by atoms with Gasteiger partial charge in [0.2, 0.25) is 0 Å². The highest BCUT2D eigenvalue weighted by molar-refractivity contribution is 5.79. The Balaban J connectivity index is 2.04. The van der Waals surface area contributed by atoms with E-state index in [4.69, 9.17) is 0 Å². The van der Waals surface area contributed by atoms with Crippen molar-refractivity contribution in [2.24, 2.45) is 0 Å². The van der Waals surface area contributed by atoms with Crippen molar-refractivity contribution < 1.29 is 5.11 Å². The maximum absolute atomic E-state index is 10.3. The molecule has 0 radical (unpaired) electrons. The van der Waals surface area contributed by atoms with Crippen LogP contribution < -0.4 is 0 Å². The molecule has 1 aromatic carbocycles. The Morgan fingerprint density at radius 3 is 2.67 bits per heavy atom. The SMILES string of the molecule is OC(c1cccnc1)c1ccc2ncccc2c1. The van der Waals surface area contributed by atoms with Gasteiger partial charge in [-0.25, -0.2) is 0 Å². The molecule has 1 N–H and O–H groups in total. The number of hydrogen-bond acceptors (Lipinski definition) is 3. The zero-order valence-electron chi connectivity index (χ0n) is 9.69. The quantitative estimate of drug-likeness (QED) is 0.744. The number of fused-ring (bicyclic) bond motifs is 1. The van der Waals surface area contributed by atoms with Gasteiger partial charge in [0.1, 0.15) is 6.10 Å². The molecule has 3 rings (SSSR count). The fourth-order valence-electron chi connectivity index (χ4n) is 1.99. The molecule has 3 aromatic rings. The molecule has 2 aromatic heterocycles. The van der Waals surface area contributed by atoms with Crippen LogP contribution in [0.5, 0.6) is 0 Å². The van der Waals surface area contributed by atoms with Crippen molar-refractivity contribution in [2.45, 2.75) is 6.10 Å². The number of aromatic nitrogens is 2. The molecule has 0 aliphatic carbocycles. The van der Waals surface area contributed by atoms with Gasteiger partial charge in [0.05, 0.1) is 5.52 Å². The zero-order valence-corrected chi connectivity index (χ0v) is 9.69. The van der Waals surface area contributed by atoms with Gasteiger partial charge >= 0.3 is 0 Å². The van der Waals surface area contributed by atoms with Crippen LogP contribution in [0.25, 0.3) is 10.9 Å². The number of benzene rings is 1. The molecule has 0 aliphatic heterocycles. The first kappa shape index (κ1) is 10.9. The van der Waals surface area contributed by atoms with Crippen molar-refractivity contribution in [1.29, 1.82) is 0 Å². The second-order valence-electron chi connectivity index (χ2n) is 4.14. The fraction of sp³-hybridized carbons (Fsp3) is 0.0667. The van der Waals surface area contributed by atoms with Crippen molar-refractivity contribution in [3.05, 3.63) is 72.2 Å². The Morgan fingerprint density at radius 2 is 1.83 bits per heavy atom. The average Bonchev–Trinajstić information content (AvgIpc) is 2.47. The highest BCUT2D eigenvalue weighted by Crippen LogP contribution is 2.23. The fourth-order valence-corrected chi connectivity index (χ4v) is 1.99. The van der Waals surface area contributed by atoms with E-state index in [-0.39, 0.29) is 0 Å². The van der Waals surface area contributed by atoms with E-state index < -0.39 is 6.10 Å². The summed E-state index contributed by atoms with van der Waals surface area (Å²) < 4.78 is 0. The van der Waals surface area contributed by atoms with E-state index in [1.165, 1.54) is 0 Å². The Kier molecular flexibility index (Phi) is 2.74. The van der Waals surface area contributed by atoms with Crippen LogP contribution in [0.15, 0.2) is 61.1 Å². The van der Waals surface area contributed by atoms with Gasteiger partial charge in [-0.05, 0) is 29.8 Å². The monoisotopic (exact) mass is 236 g/mol. The Labute approximate surface area is 105 Å². The van der Waals surface area contributed by atoms with Gasteiger partial charge in [0, 0.05) is 29.5 Å². The maximum Gasteiger partial charge on any atom is 0.106 e. The van der Waals surface area contributed by atoms with Crippen LogP contribution in [-0.4, -0.2) is 15.1 Å². The average molecular weight is 236 g/mol. The van der Waals surface area contributed by atoms with Gasteiger partial charge in [0.15, 0.2) is 0 Å². The number of nitrogens with zero attached hydrogens (tertiary/aromatic N) is 2. The van der Waals surface area contributed by atoms with Crippen LogP contribution in [0.1, 0.15) is 17.2 Å². The number of pyridine rings is 2. The second-order valence-corrected chi connectivity index (χ2v) is 4.14. The topological polar surface area (TPSA) is 46.0 Å². The second kappa shape index (κ2) is 4.55. The lowest BCUT2D eigenvalue weighted by molar-refractivity contribution is 0.220. The smallest absolute Gasteiger partial charge is 0.106 e. The summed E-state index contributed by atoms with van der Waals surface area (Å²) in [5.41, 5.74) is 2.57. The van der Waals surface area contributed by atoms with Gasteiger partial charge < -0.3 is 5.11 Å². The molecule has 1 unspecified atom stereocenters. The first-order valence-electron chi connectivity index (χ1n) is 5.77. The molecule has 18 heavy (non-hydrogen) atoms. The Morgan fingerprint density at radius 1 is 0.944 bits per heavy atom. The number of aliphatic hydroxyl groups excluding tert-OH is 1. The third kappa shape index (κ3) is 1.96. The molecule has 0 bridgehead atoms. The summed E-state index contributed by atoms with van der Waals surface area (Å²) in [6.07, 6.45) is 4.49. The standard InChI is InChI=1S/C15H12N2O/c18-15(13-4-1-7-16-10-13)12-5-6-14-11(9-12)3-2-8-17-14/h1-10,15,18H. The van der Waals surface area contributed by atoms with E-state index >= 15 is 0 Å². The summed E-state index contributed by atoms with van der Waals surface area (Å²) in [5, 5.41) is 11.3. The predicted molar refractivity (Wildman–Crippen MR) is 70.0 cm³/mol. The van der Waals surface area contributed by atoms with Crippen LogP contribution in [0, 0.1) is 0 Å². The van der Waals surface area contributed by atoms with E-state index in [0.717, 1.165) is 22.0 Å². The third-order valence-electron chi connectivity index (χ3n) is 2.94. The van der Waals surface area contributed by atoms with Gasteiger partial charge in [-0.3, -0.25) is 9.97 Å². The van der Waals surface area contributed by atoms with Gasteiger partial charge in [-0.1, -0.05) is 18.2 Å². The highest BCUT2D eigenvalue weighted by Gasteiger charge is 2.10. The molecule has 2 heterocycles. The van der Waals surface area contributed by atoms with E-state index in [1.54, 1.807) is 18.6 Å². The summed E-state index contributed by atoms with van der Waals surface area (Å²) in [6, 6.07) is 13.3. The largest absolute Gasteiger partial charge is 0.384 e.